The van der Waals surface area contributed by atoms with E-state index in [1.165, 1.54) is 5.56 Å². The van der Waals surface area contributed by atoms with E-state index in [0.29, 0.717) is 18.5 Å². The second kappa shape index (κ2) is 6.01. The lowest BCUT2D eigenvalue weighted by atomic mass is 9.76. The smallest absolute Gasteiger partial charge is 0.236 e. The lowest BCUT2D eigenvalue weighted by Gasteiger charge is -2.36. The van der Waals surface area contributed by atoms with Crippen LogP contribution in [0.1, 0.15) is 31.2 Å². The molecule has 1 N–H and O–H groups in total. The zero-order valence-electron chi connectivity index (χ0n) is 11.2. The highest BCUT2D eigenvalue weighted by Crippen LogP contribution is 2.36. The van der Waals surface area contributed by atoms with Gasteiger partial charge in [-0.1, -0.05) is 30.3 Å². The van der Waals surface area contributed by atoms with Crippen molar-refractivity contribution in [2.75, 3.05) is 20.1 Å². The zero-order valence-corrected chi connectivity index (χ0v) is 11.2. The van der Waals surface area contributed by atoms with E-state index in [0.717, 1.165) is 19.4 Å². The maximum absolute atomic E-state index is 11.6. The highest BCUT2D eigenvalue weighted by molar-refractivity contribution is 5.77. The minimum atomic E-state index is 0.181. The molecule has 1 aromatic carbocycles. The molecule has 1 aromatic rings. The number of carbonyl (C=O) groups is 1. The van der Waals surface area contributed by atoms with Crippen LogP contribution in [0.4, 0.5) is 0 Å². The predicted octanol–water partition coefficient (Wildman–Crippen LogP) is 2.00. The molecule has 0 atom stereocenters. The summed E-state index contributed by atoms with van der Waals surface area (Å²) in [7, 11) is 1.84. The largest absolute Gasteiger partial charge is 0.345 e. The van der Waals surface area contributed by atoms with Gasteiger partial charge in [0.25, 0.3) is 0 Å². The summed E-state index contributed by atoms with van der Waals surface area (Å²) < 4.78 is 0. The molecule has 98 valence electrons. The summed E-state index contributed by atoms with van der Waals surface area (Å²) in [5, 5.41) is 3.34. The number of carbonyl (C=O) groups excluding carboxylic acids is 1. The first-order chi connectivity index (χ1) is 8.70. The third kappa shape index (κ3) is 3.10. The average Bonchev–Trinajstić information content (AvgIpc) is 2.37. The summed E-state index contributed by atoms with van der Waals surface area (Å²) in [6.45, 7) is 3.24. The Morgan fingerprint density at radius 3 is 2.61 bits per heavy atom. The maximum Gasteiger partial charge on any atom is 0.236 e. The molecule has 0 saturated heterocycles. The Hall–Kier alpha value is -1.35. The Morgan fingerprint density at radius 2 is 2.00 bits per heavy atom. The van der Waals surface area contributed by atoms with Gasteiger partial charge in [0.15, 0.2) is 0 Å². The molecule has 1 amide bonds. The fourth-order valence-corrected chi connectivity index (χ4v) is 2.32. The van der Waals surface area contributed by atoms with E-state index < -0.39 is 0 Å². The van der Waals surface area contributed by atoms with Gasteiger partial charge in [-0.15, -0.1) is 0 Å². The number of likely N-dealkylation sites (N-methyl/N-ethyl adjacent to an activating group) is 1. The van der Waals surface area contributed by atoms with Gasteiger partial charge in [0.05, 0.1) is 6.54 Å². The molecule has 1 aliphatic rings. The highest BCUT2D eigenvalue weighted by Gasteiger charge is 2.30. The predicted molar refractivity (Wildman–Crippen MR) is 73.5 cm³/mol. The van der Waals surface area contributed by atoms with Crippen molar-refractivity contribution in [3.63, 3.8) is 0 Å². The van der Waals surface area contributed by atoms with E-state index in [9.17, 15) is 4.79 Å². The molecule has 0 unspecified atom stereocenters. The minimum Gasteiger partial charge on any atom is -0.345 e. The molecule has 1 saturated carbocycles. The van der Waals surface area contributed by atoms with Crippen LogP contribution >= 0.6 is 0 Å². The van der Waals surface area contributed by atoms with Crippen molar-refractivity contribution in [3.05, 3.63) is 35.9 Å². The van der Waals surface area contributed by atoms with Crippen molar-refractivity contribution in [1.29, 1.82) is 0 Å². The van der Waals surface area contributed by atoms with Crippen LogP contribution in [-0.4, -0.2) is 37.0 Å². The monoisotopic (exact) mass is 246 g/mol. The first-order valence-corrected chi connectivity index (χ1v) is 6.73. The number of hydrogen-bond acceptors (Lipinski definition) is 2. The summed E-state index contributed by atoms with van der Waals surface area (Å²) >= 11 is 0. The summed E-state index contributed by atoms with van der Waals surface area (Å²) in [4.78, 5) is 13.4. The molecule has 3 nitrogen and oxygen atoms in total. The van der Waals surface area contributed by atoms with Gasteiger partial charge >= 0.3 is 0 Å². The van der Waals surface area contributed by atoms with E-state index in [2.05, 4.69) is 35.6 Å². The number of rotatable bonds is 5. The SMILES string of the molecule is CCN(C)C(=O)CNC1CC(c2ccccc2)C1. The third-order valence-corrected chi connectivity index (χ3v) is 3.85. The van der Waals surface area contributed by atoms with Gasteiger partial charge in [-0.25, -0.2) is 0 Å². The normalized spacial score (nSPS) is 22.3. The lowest BCUT2D eigenvalue weighted by Crippen LogP contribution is -2.45. The van der Waals surface area contributed by atoms with Crippen molar-refractivity contribution < 1.29 is 4.79 Å². The van der Waals surface area contributed by atoms with Gasteiger partial charge in [0.1, 0.15) is 0 Å². The highest BCUT2D eigenvalue weighted by atomic mass is 16.2. The summed E-state index contributed by atoms with van der Waals surface area (Å²) in [6, 6.07) is 11.1. The lowest BCUT2D eigenvalue weighted by molar-refractivity contribution is -0.129. The van der Waals surface area contributed by atoms with Crippen molar-refractivity contribution in [2.45, 2.75) is 31.7 Å². The molecule has 0 aromatic heterocycles. The third-order valence-electron chi connectivity index (χ3n) is 3.85. The summed E-state index contributed by atoms with van der Waals surface area (Å²) in [6.07, 6.45) is 2.29. The second-order valence-corrected chi connectivity index (χ2v) is 5.06. The molecule has 0 spiro atoms. The Morgan fingerprint density at radius 1 is 1.33 bits per heavy atom. The Labute approximate surface area is 109 Å². The van der Waals surface area contributed by atoms with Crippen LogP contribution in [0.5, 0.6) is 0 Å². The molecule has 2 rings (SSSR count). The molecule has 1 fully saturated rings. The number of nitrogens with zero attached hydrogens (tertiary/aromatic N) is 1. The van der Waals surface area contributed by atoms with E-state index in [1.54, 1.807) is 4.90 Å². The molecular weight excluding hydrogens is 224 g/mol. The minimum absolute atomic E-state index is 0.181. The van der Waals surface area contributed by atoms with Gasteiger partial charge in [-0.3, -0.25) is 4.79 Å². The molecule has 3 heteroatoms. The maximum atomic E-state index is 11.6. The van der Waals surface area contributed by atoms with Gasteiger partial charge in [0, 0.05) is 19.6 Å². The van der Waals surface area contributed by atoms with Crippen LogP contribution in [0.3, 0.4) is 0 Å². The van der Waals surface area contributed by atoms with Crippen LogP contribution in [-0.2, 0) is 4.79 Å². The van der Waals surface area contributed by atoms with Crippen molar-refractivity contribution >= 4 is 5.91 Å². The van der Waals surface area contributed by atoms with E-state index >= 15 is 0 Å². The molecule has 1 aliphatic carbocycles. The Kier molecular flexibility index (Phi) is 4.37. The average molecular weight is 246 g/mol. The van der Waals surface area contributed by atoms with Crippen LogP contribution in [0.2, 0.25) is 0 Å². The van der Waals surface area contributed by atoms with Crippen molar-refractivity contribution in [3.8, 4) is 0 Å². The number of nitrogens with one attached hydrogen (secondary N) is 1. The Bertz CT molecular complexity index is 385. The summed E-state index contributed by atoms with van der Waals surface area (Å²) in [5.41, 5.74) is 1.42. The summed E-state index contributed by atoms with van der Waals surface area (Å²) in [5.74, 6) is 0.850. The molecule has 18 heavy (non-hydrogen) atoms. The van der Waals surface area contributed by atoms with Crippen molar-refractivity contribution in [2.24, 2.45) is 0 Å². The van der Waals surface area contributed by atoms with Crippen LogP contribution in [0.15, 0.2) is 30.3 Å². The topological polar surface area (TPSA) is 32.3 Å². The fraction of sp³-hybridized carbons (Fsp3) is 0.533. The second-order valence-electron chi connectivity index (χ2n) is 5.06. The van der Waals surface area contributed by atoms with E-state index in [4.69, 9.17) is 0 Å². The first-order valence-electron chi connectivity index (χ1n) is 6.73. The van der Waals surface area contributed by atoms with Gasteiger partial charge < -0.3 is 10.2 Å². The molecular formula is C15H22N2O. The number of amides is 1. The zero-order chi connectivity index (χ0) is 13.0. The first kappa shape index (κ1) is 13.1. The number of hydrogen-bond donors (Lipinski definition) is 1. The number of benzene rings is 1. The Balaban J connectivity index is 1.69. The molecule has 0 radical (unpaired) electrons. The van der Waals surface area contributed by atoms with E-state index in [-0.39, 0.29) is 5.91 Å². The molecule has 0 heterocycles. The van der Waals surface area contributed by atoms with Gasteiger partial charge in [-0.05, 0) is 31.2 Å². The van der Waals surface area contributed by atoms with Crippen LogP contribution in [0.25, 0.3) is 0 Å². The van der Waals surface area contributed by atoms with Crippen LogP contribution < -0.4 is 5.32 Å². The van der Waals surface area contributed by atoms with Gasteiger partial charge in [0.2, 0.25) is 5.91 Å². The standard InChI is InChI=1S/C15H22N2O/c1-3-17(2)15(18)11-16-14-9-13(10-14)12-7-5-4-6-8-12/h4-8,13-14,16H,3,9-11H2,1-2H3. The molecule has 0 bridgehead atoms. The van der Waals surface area contributed by atoms with E-state index in [1.807, 2.05) is 14.0 Å². The molecule has 0 aliphatic heterocycles. The van der Waals surface area contributed by atoms with Crippen molar-refractivity contribution in [1.82, 2.24) is 10.2 Å². The van der Waals surface area contributed by atoms with Crippen LogP contribution in [0, 0.1) is 0 Å². The fourth-order valence-electron chi connectivity index (χ4n) is 2.32. The van der Waals surface area contributed by atoms with Gasteiger partial charge in [-0.2, -0.15) is 0 Å². The quantitative estimate of drug-likeness (QED) is 0.862.